The number of carboxylic acid groups (broad SMARTS) is 1. The lowest BCUT2D eigenvalue weighted by Gasteiger charge is -2.51. The number of benzene rings is 3. The molecule has 8 heteroatoms. The minimum absolute atomic E-state index is 0.0397. The molecular formula is C36H41Cl2NO5. The lowest BCUT2D eigenvalue weighted by atomic mass is 9.70. The highest BCUT2D eigenvalue weighted by Gasteiger charge is 2.52. The summed E-state index contributed by atoms with van der Waals surface area (Å²) in [5.41, 5.74) is 3.38. The number of nitrogens with zero attached hydrogens (tertiary/aromatic N) is 1. The van der Waals surface area contributed by atoms with Crippen LogP contribution in [0.2, 0.25) is 10.0 Å². The Hall–Kier alpha value is -3.06. The molecule has 3 aromatic rings. The Morgan fingerprint density at radius 3 is 2.36 bits per heavy atom. The number of fused-ring (bicyclic) bond motifs is 3. The van der Waals surface area contributed by atoms with Gasteiger partial charge in [0.25, 0.3) is 0 Å². The zero-order valence-corrected chi connectivity index (χ0v) is 27.5. The van der Waals surface area contributed by atoms with Crippen LogP contribution in [-0.4, -0.2) is 40.1 Å². The summed E-state index contributed by atoms with van der Waals surface area (Å²) in [4.78, 5) is 27.7. The van der Waals surface area contributed by atoms with Gasteiger partial charge >= 0.3 is 5.97 Å². The van der Waals surface area contributed by atoms with Crippen LogP contribution >= 0.6 is 23.2 Å². The fraction of sp³-hybridized carbons (Fsp3) is 0.444. The van der Waals surface area contributed by atoms with Gasteiger partial charge in [-0.1, -0.05) is 80.4 Å². The zero-order chi connectivity index (χ0) is 31.8. The number of ether oxygens (including phenoxy) is 2. The minimum Gasteiger partial charge on any atom is -0.487 e. The Kier molecular flexibility index (Phi) is 9.36. The van der Waals surface area contributed by atoms with Gasteiger partial charge in [0.1, 0.15) is 17.9 Å². The molecule has 44 heavy (non-hydrogen) atoms. The third-order valence-corrected chi connectivity index (χ3v) is 9.43. The summed E-state index contributed by atoms with van der Waals surface area (Å²) < 4.78 is 13.6. The van der Waals surface area contributed by atoms with Gasteiger partial charge in [-0.05, 0) is 85.5 Å². The molecule has 0 radical (unpaired) electrons. The number of rotatable bonds is 8. The molecule has 0 bridgehead atoms. The van der Waals surface area contributed by atoms with E-state index in [1.165, 1.54) is 10.5 Å². The molecule has 2 aliphatic heterocycles. The number of amides is 1. The number of hydrogen-bond donors (Lipinski definition) is 1. The van der Waals surface area contributed by atoms with Gasteiger partial charge in [-0.15, -0.1) is 0 Å². The maximum absolute atomic E-state index is 14.4. The monoisotopic (exact) mass is 637 g/mol. The molecular weight excluding hydrogens is 597 g/mol. The standard InChI is InChI=1S/C36H41Cl2NO5/c1-35(2,3)24-12-15-27-31(18-24)44-36(4,5)29-19-28(30(43-33(27)29)16-11-22-9-13-25(37)14-10-22)34(42)39(21-32(40)41)20-23-7-6-8-26(38)17-23/h6-10,12-15,17-18,28-30,33H,11,16,19-21H2,1-5H3,(H,40,41)/t28-,29+,30+,33-/m0/s1. The number of carboxylic acids is 1. The van der Waals surface area contributed by atoms with E-state index in [1.807, 2.05) is 30.3 Å². The van der Waals surface area contributed by atoms with Gasteiger partial charge in [0, 0.05) is 28.1 Å². The molecule has 0 aliphatic carbocycles. The molecule has 5 rings (SSSR count). The maximum Gasteiger partial charge on any atom is 0.323 e. The van der Waals surface area contributed by atoms with Gasteiger partial charge in [0.2, 0.25) is 5.91 Å². The van der Waals surface area contributed by atoms with Crippen molar-refractivity contribution in [3.05, 3.63) is 99.0 Å². The van der Waals surface area contributed by atoms with Crippen LogP contribution in [0.3, 0.4) is 0 Å². The third-order valence-electron chi connectivity index (χ3n) is 8.94. The second-order valence-corrected chi connectivity index (χ2v) is 14.5. The van der Waals surface area contributed by atoms with Gasteiger partial charge in [0.05, 0.1) is 18.1 Å². The van der Waals surface area contributed by atoms with Gasteiger partial charge in [-0.25, -0.2) is 0 Å². The molecule has 234 valence electrons. The molecule has 1 N–H and O–H groups in total. The largest absolute Gasteiger partial charge is 0.487 e. The van der Waals surface area contributed by atoms with E-state index in [4.69, 9.17) is 32.7 Å². The van der Waals surface area contributed by atoms with Gasteiger partial charge < -0.3 is 19.5 Å². The van der Waals surface area contributed by atoms with Crippen molar-refractivity contribution in [2.45, 2.75) is 83.6 Å². The van der Waals surface area contributed by atoms with E-state index in [1.54, 1.807) is 18.2 Å². The molecule has 3 aromatic carbocycles. The predicted molar refractivity (Wildman–Crippen MR) is 173 cm³/mol. The highest BCUT2D eigenvalue weighted by molar-refractivity contribution is 6.30. The van der Waals surface area contributed by atoms with E-state index in [2.05, 4.69) is 52.8 Å². The molecule has 0 spiro atoms. The number of aliphatic carboxylic acids is 1. The average molecular weight is 639 g/mol. The molecule has 2 aliphatic rings. The first-order valence-corrected chi connectivity index (χ1v) is 16.0. The third kappa shape index (κ3) is 7.25. The quantitative estimate of drug-likeness (QED) is 0.269. The van der Waals surface area contributed by atoms with E-state index in [0.717, 1.165) is 22.4 Å². The number of aryl methyl sites for hydroxylation is 1. The van der Waals surface area contributed by atoms with E-state index < -0.39 is 30.1 Å². The van der Waals surface area contributed by atoms with Crippen LogP contribution in [0.4, 0.5) is 0 Å². The number of carbonyl (C=O) groups excluding carboxylic acids is 1. The van der Waals surface area contributed by atoms with Gasteiger partial charge in [-0.2, -0.15) is 0 Å². The van der Waals surface area contributed by atoms with Gasteiger partial charge in [0.15, 0.2) is 0 Å². The number of hydrogen-bond acceptors (Lipinski definition) is 4. The van der Waals surface area contributed by atoms with Crippen molar-refractivity contribution in [3.8, 4) is 5.75 Å². The zero-order valence-electron chi connectivity index (χ0n) is 26.0. The Morgan fingerprint density at radius 2 is 1.70 bits per heavy atom. The average Bonchev–Trinajstić information content (AvgIpc) is 2.94. The molecule has 6 nitrogen and oxygen atoms in total. The van der Waals surface area contributed by atoms with Crippen molar-refractivity contribution in [2.24, 2.45) is 11.8 Å². The summed E-state index contributed by atoms with van der Waals surface area (Å²) in [5.74, 6) is -1.16. The first-order valence-electron chi connectivity index (χ1n) is 15.2. The van der Waals surface area contributed by atoms with Crippen molar-refractivity contribution in [3.63, 3.8) is 0 Å². The molecule has 1 amide bonds. The Morgan fingerprint density at radius 1 is 0.977 bits per heavy atom. The van der Waals surface area contributed by atoms with E-state index in [0.29, 0.717) is 29.3 Å². The van der Waals surface area contributed by atoms with Crippen molar-refractivity contribution in [2.75, 3.05) is 6.54 Å². The first kappa shape index (κ1) is 32.3. The van der Waals surface area contributed by atoms with Crippen LogP contribution in [0.1, 0.15) is 75.8 Å². The molecule has 1 fully saturated rings. The lowest BCUT2D eigenvalue weighted by molar-refractivity contribution is -0.186. The summed E-state index contributed by atoms with van der Waals surface area (Å²) in [6.07, 6.45) is 1.10. The van der Waals surface area contributed by atoms with E-state index in [9.17, 15) is 14.7 Å². The van der Waals surface area contributed by atoms with Crippen molar-refractivity contribution < 1.29 is 24.2 Å². The van der Waals surface area contributed by atoms with Gasteiger partial charge in [-0.3, -0.25) is 9.59 Å². The summed E-state index contributed by atoms with van der Waals surface area (Å²) >= 11 is 12.3. The summed E-state index contributed by atoms with van der Waals surface area (Å²) in [7, 11) is 0. The highest BCUT2D eigenvalue weighted by Crippen LogP contribution is 2.53. The second-order valence-electron chi connectivity index (χ2n) is 13.6. The maximum atomic E-state index is 14.4. The predicted octanol–water partition coefficient (Wildman–Crippen LogP) is 8.27. The van der Waals surface area contributed by atoms with E-state index in [-0.39, 0.29) is 29.9 Å². The summed E-state index contributed by atoms with van der Waals surface area (Å²) in [6, 6.07) is 21.2. The topological polar surface area (TPSA) is 76.1 Å². The molecule has 0 aromatic heterocycles. The molecule has 1 saturated heterocycles. The molecule has 2 heterocycles. The van der Waals surface area contributed by atoms with Crippen molar-refractivity contribution >= 4 is 35.1 Å². The normalized spacial score (nSPS) is 22.3. The molecule has 4 atom stereocenters. The van der Waals surface area contributed by atoms with Crippen LogP contribution in [0.25, 0.3) is 0 Å². The minimum atomic E-state index is -1.07. The number of carbonyl (C=O) groups is 2. The smallest absolute Gasteiger partial charge is 0.323 e. The van der Waals surface area contributed by atoms with Crippen LogP contribution in [0, 0.1) is 11.8 Å². The second kappa shape index (κ2) is 12.7. The lowest BCUT2D eigenvalue weighted by Crippen LogP contribution is -2.54. The molecule has 0 unspecified atom stereocenters. The first-order chi connectivity index (χ1) is 20.7. The number of halogens is 2. The van der Waals surface area contributed by atoms with Crippen LogP contribution < -0.4 is 4.74 Å². The van der Waals surface area contributed by atoms with Crippen molar-refractivity contribution in [1.29, 1.82) is 0 Å². The SMILES string of the molecule is CC(C)(C)c1ccc2c(c1)OC(C)(C)[C@@H]1C[C@H](C(=O)N(CC(=O)O)Cc3cccc(Cl)c3)[C@@H](CCc3ccc(Cl)cc3)O[C@@H]21. The Balaban J connectivity index is 1.49. The summed E-state index contributed by atoms with van der Waals surface area (Å²) in [6.45, 7) is 10.4. The highest BCUT2D eigenvalue weighted by atomic mass is 35.5. The van der Waals surface area contributed by atoms with Crippen molar-refractivity contribution in [1.82, 2.24) is 4.90 Å². The van der Waals surface area contributed by atoms with E-state index >= 15 is 0 Å². The van der Waals surface area contributed by atoms with Crippen LogP contribution in [0.5, 0.6) is 5.75 Å². The van der Waals surface area contributed by atoms with Crippen LogP contribution in [-0.2, 0) is 32.7 Å². The van der Waals surface area contributed by atoms with Crippen LogP contribution in [0.15, 0.2) is 66.7 Å². The molecule has 0 saturated carbocycles. The fourth-order valence-corrected chi connectivity index (χ4v) is 6.84. The Bertz CT molecular complexity index is 1510. The summed E-state index contributed by atoms with van der Waals surface area (Å²) in [5, 5.41) is 11.0. The fourth-order valence-electron chi connectivity index (χ4n) is 6.50. The Labute approximate surface area is 270 Å².